The van der Waals surface area contributed by atoms with Crippen LogP contribution in [0.25, 0.3) is 0 Å². The molecule has 9 heteroatoms. The van der Waals surface area contributed by atoms with Crippen molar-refractivity contribution >= 4 is 23.3 Å². The van der Waals surface area contributed by atoms with Gasteiger partial charge < -0.3 is 14.7 Å². The summed E-state index contributed by atoms with van der Waals surface area (Å²) in [6, 6.07) is -1.09. The van der Waals surface area contributed by atoms with Gasteiger partial charge in [0, 0.05) is 13.1 Å². The molecule has 1 fully saturated rings. The fourth-order valence-corrected chi connectivity index (χ4v) is 2.71. The van der Waals surface area contributed by atoms with Gasteiger partial charge in [-0.1, -0.05) is 13.8 Å². The van der Waals surface area contributed by atoms with Crippen LogP contribution in [0.1, 0.15) is 26.7 Å². The van der Waals surface area contributed by atoms with Crippen LogP contribution in [0.5, 0.6) is 0 Å². The van der Waals surface area contributed by atoms with Crippen molar-refractivity contribution in [2.75, 3.05) is 19.7 Å². The number of aliphatic carboxylic acids is 1. The van der Waals surface area contributed by atoms with Gasteiger partial charge in [0.25, 0.3) is 0 Å². The summed E-state index contributed by atoms with van der Waals surface area (Å²) in [6.07, 6.45) is 0.489. The maximum absolute atomic E-state index is 11.8. The molecule has 0 aromatic rings. The number of carboxylic acids is 1. The first-order valence-electron chi connectivity index (χ1n) is 6.82. The van der Waals surface area contributed by atoms with Gasteiger partial charge in [0.1, 0.15) is 6.04 Å². The molecule has 21 heavy (non-hydrogen) atoms. The zero-order chi connectivity index (χ0) is 16.0. The minimum absolute atomic E-state index is 0.256. The van der Waals surface area contributed by atoms with E-state index in [0.29, 0.717) is 32.5 Å². The van der Waals surface area contributed by atoms with Crippen LogP contribution in [-0.2, 0) is 20.8 Å². The molecular formula is C12H22N2O6S. The third-order valence-electron chi connectivity index (χ3n) is 3.30. The van der Waals surface area contributed by atoms with Gasteiger partial charge in [-0.15, -0.1) is 0 Å². The van der Waals surface area contributed by atoms with E-state index in [0.717, 1.165) is 0 Å². The number of carbonyl (C=O) groups is 2. The Morgan fingerprint density at radius 3 is 2.38 bits per heavy atom. The van der Waals surface area contributed by atoms with Crippen LogP contribution in [0, 0.1) is 11.8 Å². The van der Waals surface area contributed by atoms with Crippen LogP contribution in [-0.4, -0.2) is 56.6 Å². The highest BCUT2D eigenvalue weighted by molar-refractivity contribution is 7.77. The second-order valence-electron chi connectivity index (χ2n) is 5.48. The van der Waals surface area contributed by atoms with Crippen molar-refractivity contribution in [3.8, 4) is 0 Å². The average molecular weight is 322 g/mol. The predicted molar refractivity (Wildman–Crippen MR) is 75.8 cm³/mol. The third-order valence-corrected chi connectivity index (χ3v) is 3.76. The van der Waals surface area contributed by atoms with Gasteiger partial charge in [-0.25, -0.2) is 9.00 Å². The van der Waals surface area contributed by atoms with Gasteiger partial charge in [0.05, 0.1) is 6.61 Å². The lowest BCUT2D eigenvalue weighted by molar-refractivity contribution is -0.140. The summed E-state index contributed by atoms with van der Waals surface area (Å²) >= 11 is -2.38. The molecule has 122 valence electrons. The van der Waals surface area contributed by atoms with E-state index in [1.807, 2.05) is 13.8 Å². The molecule has 0 bridgehead atoms. The zero-order valence-corrected chi connectivity index (χ0v) is 13.0. The number of piperidine rings is 1. The standard InChI is InChI=1S/C12H22N2O6S/c1-8(2)7-20-12(17)14-5-3-9(4-6-14)10(11(15)16)13-21(18)19/h8-10,13H,3-7H2,1-2H3,(H,15,16)(H,18,19). The summed E-state index contributed by atoms with van der Waals surface area (Å²) in [4.78, 5) is 24.4. The van der Waals surface area contributed by atoms with Gasteiger partial charge in [0.15, 0.2) is 0 Å². The van der Waals surface area contributed by atoms with Crippen LogP contribution >= 0.6 is 0 Å². The Morgan fingerprint density at radius 1 is 1.38 bits per heavy atom. The summed E-state index contributed by atoms with van der Waals surface area (Å²) in [7, 11) is 0. The molecule has 1 aliphatic heterocycles. The number of carbonyl (C=O) groups excluding carboxylic acids is 1. The number of likely N-dealkylation sites (tertiary alicyclic amines) is 1. The molecule has 3 N–H and O–H groups in total. The molecule has 0 spiro atoms. The lowest BCUT2D eigenvalue weighted by Gasteiger charge is -2.33. The van der Waals surface area contributed by atoms with E-state index in [1.165, 1.54) is 4.90 Å². The highest BCUT2D eigenvalue weighted by Crippen LogP contribution is 2.22. The second kappa shape index (κ2) is 8.30. The molecule has 1 aliphatic rings. The number of amides is 1. The van der Waals surface area contributed by atoms with E-state index in [4.69, 9.17) is 14.4 Å². The molecule has 0 aromatic heterocycles. The number of nitrogens with one attached hydrogen (secondary N) is 1. The fourth-order valence-electron chi connectivity index (χ4n) is 2.20. The highest BCUT2D eigenvalue weighted by atomic mass is 32.2. The summed E-state index contributed by atoms with van der Waals surface area (Å²) < 4.78 is 26.8. The first-order chi connectivity index (χ1) is 9.81. The molecule has 0 saturated carbocycles. The summed E-state index contributed by atoms with van der Waals surface area (Å²) in [5, 5.41) is 9.08. The van der Waals surface area contributed by atoms with E-state index in [2.05, 4.69) is 4.72 Å². The van der Waals surface area contributed by atoms with Crippen molar-refractivity contribution in [1.82, 2.24) is 9.62 Å². The van der Waals surface area contributed by atoms with Crippen LogP contribution < -0.4 is 4.72 Å². The topological polar surface area (TPSA) is 116 Å². The van der Waals surface area contributed by atoms with E-state index < -0.39 is 29.4 Å². The van der Waals surface area contributed by atoms with E-state index in [9.17, 15) is 13.8 Å². The number of nitrogens with zero attached hydrogens (tertiary/aromatic N) is 1. The lowest BCUT2D eigenvalue weighted by Crippen LogP contribution is -2.49. The molecule has 8 nitrogen and oxygen atoms in total. The number of carboxylic acid groups (broad SMARTS) is 1. The van der Waals surface area contributed by atoms with Crippen molar-refractivity contribution in [1.29, 1.82) is 0 Å². The van der Waals surface area contributed by atoms with Crippen LogP contribution in [0.3, 0.4) is 0 Å². The zero-order valence-electron chi connectivity index (χ0n) is 12.2. The minimum atomic E-state index is -2.38. The number of hydrogen-bond acceptors (Lipinski definition) is 4. The van der Waals surface area contributed by atoms with Crippen LogP contribution in [0.15, 0.2) is 0 Å². The second-order valence-corrected chi connectivity index (χ2v) is 6.21. The fraction of sp³-hybridized carbons (Fsp3) is 0.833. The number of rotatable bonds is 6. The summed E-state index contributed by atoms with van der Waals surface area (Å²) in [5.41, 5.74) is 0. The Balaban J connectivity index is 2.48. The molecule has 0 radical (unpaired) electrons. The van der Waals surface area contributed by atoms with Crippen molar-refractivity contribution in [2.45, 2.75) is 32.7 Å². The molecule has 1 amide bonds. The SMILES string of the molecule is CC(C)COC(=O)N1CCC(C(NS(=O)O)C(=O)O)CC1. The van der Waals surface area contributed by atoms with E-state index in [1.54, 1.807) is 0 Å². The quantitative estimate of drug-likeness (QED) is 0.619. The van der Waals surface area contributed by atoms with Crippen molar-refractivity contribution < 1.29 is 28.2 Å². The lowest BCUT2D eigenvalue weighted by atomic mass is 9.90. The molecule has 2 unspecified atom stereocenters. The van der Waals surface area contributed by atoms with E-state index >= 15 is 0 Å². The highest BCUT2D eigenvalue weighted by Gasteiger charge is 2.33. The Morgan fingerprint density at radius 2 is 1.95 bits per heavy atom. The smallest absolute Gasteiger partial charge is 0.409 e. The summed E-state index contributed by atoms with van der Waals surface area (Å²) in [6.45, 7) is 4.99. The average Bonchev–Trinajstić information content (AvgIpc) is 2.42. The van der Waals surface area contributed by atoms with Crippen LogP contribution in [0.4, 0.5) is 4.79 Å². The Labute approximate surface area is 126 Å². The Kier molecular flexibility index (Phi) is 7.06. The molecular weight excluding hydrogens is 300 g/mol. The maximum Gasteiger partial charge on any atom is 0.409 e. The van der Waals surface area contributed by atoms with Gasteiger partial charge in [0.2, 0.25) is 11.3 Å². The number of hydrogen-bond donors (Lipinski definition) is 3. The Hall–Kier alpha value is -1.19. The Bertz CT molecular complexity index is 395. The third kappa shape index (κ3) is 5.98. The van der Waals surface area contributed by atoms with Gasteiger partial charge >= 0.3 is 12.1 Å². The normalized spacial score (nSPS) is 19.3. The number of ether oxygens (including phenoxy) is 1. The van der Waals surface area contributed by atoms with Gasteiger partial charge in [-0.05, 0) is 24.7 Å². The first-order valence-corrected chi connectivity index (χ1v) is 7.93. The predicted octanol–water partition coefficient (Wildman–Crippen LogP) is 0.671. The minimum Gasteiger partial charge on any atom is -0.480 e. The molecule has 0 aromatic carbocycles. The van der Waals surface area contributed by atoms with Gasteiger partial charge in [-0.3, -0.25) is 9.35 Å². The van der Waals surface area contributed by atoms with Crippen molar-refractivity contribution in [3.63, 3.8) is 0 Å². The van der Waals surface area contributed by atoms with Crippen molar-refractivity contribution in [3.05, 3.63) is 0 Å². The summed E-state index contributed by atoms with van der Waals surface area (Å²) in [5.74, 6) is -1.21. The molecule has 2 atom stereocenters. The molecule has 1 rings (SSSR count). The van der Waals surface area contributed by atoms with Gasteiger partial charge in [-0.2, -0.15) is 4.72 Å². The largest absolute Gasteiger partial charge is 0.480 e. The van der Waals surface area contributed by atoms with E-state index in [-0.39, 0.29) is 11.8 Å². The van der Waals surface area contributed by atoms with Crippen LogP contribution in [0.2, 0.25) is 0 Å². The molecule has 0 aliphatic carbocycles. The molecule has 1 heterocycles. The monoisotopic (exact) mass is 322 g/mol. The maximum atomic E-state index is 11.8. The molecule has 1 saturated heterocycles. The first kappa shape index (κ1) is 17.9. The van der Waals surface area contributed by atoms with Crippen molar-refractivity contribution in [2.24, 2.45) is 11.8 Å².